The van der Waals surface area contributed by atoms with Crippen molar-refractivity contribution in [2.75, 3.05) is 6.54 Å². The third-order valence-electron chi connectivity index (χ3n) is 1.88. The van der Waals surface area contributed by atoms with Crippen LogP contribution in [-0.2, 0) is 6.42 Å². The van der Waals surface area contributed by atoms with E-state index in [1.165, 1.54) is 4.80 Å². The molecule has 0 saturated heterocycles. The highest BCUT2D eigenvalue weighted by Crippen LogP contribution is 2.11. The minimum atomic E-state index is 0.520. The maximum absolute atomic E-state index is 5.77. The van der Waals surface area contributed by atoms with Crippen molar-refractivity contribution in [1.82, 2.24) is 20.2 Å². The van der Waals surface area contributed by atoms with Crippen LogP contribution in [0.5, 0.6) is 0 Å². The van der Waals surface area contributed by atoms with Crippen LogP contribution < -0.4 is 5.73 Å². The predicted octanol–water partition coefficient (Wildman–Crippen LogP) is 0.817. The van der Waals surface area contributed by atoms with Crippen LogP contribution in [0.2, 0.25) is 5.02 Å². The smallest absolute Gasteiger partial charge is 0.176 e. The molecule has 0 aliphatic rings. The zero-order valence-corrected chi connectivity index (χ0v) is 8.72. The monoisotopic (exact) mass is 223 g/mol. The van der Waals surface area contributed by atoms with Gasteiger partial charge in [-0.05, 0) is 36.0 Å². The van der Waals surface area contributed by atoms with E-state index < -0.39 is 0 Å². The van der Waals surface area contributed by atoms with E-state index in [0.717, 1.165) is 5.69 Å². The average molecular weight is 224 g/mol. The maximum atomic E-state index is 5.77. The number of nitrogens with zero attached hydrogens (tertiary/aromatic N) is 4. The Kier molecular flexibility index (Phi) is 2.94. The summed E-state index contributed by atoms with van der Waals surface area (Å²) in [7, 11) is 0. The summed E-state index contributed by atoms with van der Waals surface area (Å²) in [6.45, 7) is 0.520. The molecule has 0 amide bonds. The van der Waals surface area contributed by atoms with Gasteiger partial charge in [-0.3, -0.25) is 0 Å². The lowest BCUT2D eigenvalue weighted by molar-refractivity contribution is 0.717. The summed E-state index contributed by atoms with van der Waals surface area (Å²) in [5, 5.41) is 12.6. The molecule has 0 atom stereocenters. The van der Waals surface area contributed by atoms with Crippen molar-refractivity contribution in [3.05, 3.63) is 35.1 Å². The zero-order chi connectivity index (χ0) is 10.7. The molecule has 78 valence electrons. The number of tetrazole rings is 1. The van der Waals surface area contributed by atoms with Crippen LogP contribution in [0.1, 0.15) is 5.82 Å². The number of rotatable bonds is 3. The standard InChI is InChI=1S/C9H10ClN5/c10-7-1-3-8(4-2-7)15-13-9(5-6-11)12-14-15/h1-4H,5-6,11H2. The largest absolute Gasteiger partial charge is 0.330 e. The molecule has 0 radical (unpaired) electrons. The molecule has 1 aromatic heterocycles. The number of aromatic nitrogens is 4. The first kappa shape index (κ1) is 10.1. The topological polar surface area (TPSA) is 69.6 Å². The molecule has 0 aliphatic carbocycles. The molecule has 0 saturated carbocycles. The fourth-order valence-electron chi connectivity index (χ4n) is 1.16. The highest BCUT2D eigenvalue weighted by Gasteiger charge is 2.03. The molecule has 5 nitrogen and oxygen atoms in total. The summed E-state index contributed by atoms with van der Waals surface area (Å²) in [6, 6.07) is 7.22. The van der Waals surface area contributed by atoms with Gasteiger partial charge in [0.2, 0.25) is 0 Å². The normalized spacial score (nSPS) is 10.5. The van der Waals surface area contributed by atoms with Crippen molar-refractivity contribution in [1.29, 1.82) is 0 Å². The van der Waals surface area contributed by atoms with Crippen LogP contribution in [0.15, 0.2) is 24.3 Å². The Balaban J connectivity index is 2.25. The average Bonchev–Trinajstić information content (AvgIpc) is 2.68. The Morgan fingerprint density at radius 1 is 1.27 bits per heavy atom. The van der Waals surface area contributed by atoms with E-state index in [4.69, 9.17) is 17.3 Å². The number of hydrogen-bond donors (Lipinski definition) is 1. The predicted molar refractivity (Wildman–Crippen MR) is 56.9 cm³/mol. The van der Waals surface area contributed by atoms with Crippen LogP contribution in [0, 0.1) is 0 Å². The highest BCUT2D eigenvalue weighted by atomic mass is 35.5. The van der Waals surface area contributed by atoms with E-state index in [1.807, 2.05) is 12.1 Å². The molecule has 15 heavy (non-hydrogen) atoms. The van der Waals surface area contributed by atoms with Crippen LogP contribution >= 0.6 is 11.6 Å². The van der Waals surface area contributed by atoms with Crippen molar-refractivity contribution in [3.8, 4) is 5.69 Å². The van der Waals surface area contributed by atoms with Gasteiger partial charge >= 0.3 is 0 Å². The van der Waals surface area contributed by atoms with E-state index in [2.05, 4.69) is 15.4 Å². The fraction of sp³-hybridized carbons (Fsp3) is 0.222. The second kappa shape index (κ2) is 4.37. The minimum Gasteiger partial charge on any atom is -0.330 e. The Morgan fingerprint density at radius 3 is 2.67 bits per heavy atom. The van der Waals surface area contributed by atoms with Crippen molar-refractivity contribution < 1.29 is 0 Å². The summed E-state index contributed by atoms with van der Waals surface area (Å²) in [5.41, 5.74) is 6.22. The first-order valence-electron chi connectivity index (χ1n) is 4.54. The van der Waals surface area contributed by atoms with Gasteiger partial charge in [0.15, 0.2) is 5.82 Å². The van der Waals surface area contributed by atoms with Gasteiger partial charge in [0.25, 0.3) is 0 Å². The van der Waals surface area contributed by atoms with E-state index >= 15 is 0 Å². The summed E-state index contributed by atoms with van der Waals surface area (Å²) >= 11 is 5.77. The lowest BCUT2D eigenvalue weighted by Crippen LogP contribution is -2.05. The Morgan fingerprint density at radius 2 is 2.00 bits per heavy atom. The maximum Gasteiger partial charge on any atom is 0.176 e. The van der Waals surface area contributed by atoms with Crippen molar-refractivity contribution >= 4 is 11.6 Å². The van der Waals surface area contributed by atoms with Gasteiger partial charge in [0.05, 0.1) is 5.69 Å². The minimum absolute atomic E-state index is 0.520. The van der Waals surface area contributed by atoms with Gasteiger partial charge in [0.1, 0.15) is 0 Å². The van der Waals surface area contributed by atoms with Crippen molar-refractivity contribution in [2.24, 2.45) is 5.73 Å². The van der Waals surface area contributed by atoms with Crippen LogP contribution in [-0.4, -0.2) is 26.8 Å². The lowest BCUT2D eigenvalue weighted by atomic mass is 10.3. The summed E-state index contributed by atoms with van der Waals surface area (Å²) in [6.07, 6.45) is 0.633. The highest BCUT2D eigenvalue weighted by molar-refractivity contribution is 6.30. The molecule has 0 fully saturated rings. The molecule has 2 N–H and O–H groups in total. The third-order valence-corrected chi connectivity index (χ3v) is 2.13. The Bertz CT molecular complexity index is 436. The van der Waals surface area contributed by atoms with Gasteiger partial charge in [-0.15, -0.1) is 15.0 Å². The van der Waals surface area contributed by atoms with Gasteiger partial charge in [0, 0.05) is 11.4 Å². The molecule has 0 bridgehead atoms. The van der Waals surface area contributed by atoms with Crippen LogP contribution in [0.25, 0.3) is 5.69 Å². The number of benzene rings is 1. The SMILES string of the molecule is NCCc1nnn(-c2ccc(Cl)cc2)n1. The molecular weight excluding hydrogens is 214 g/mol. The van der Waals surface area contributed by atoms with Gasteiger partial charge < -0.3 is 5.73 Å². The fourth-order valence-corrected chi connectivity index (χ4v) is 1.28. The number of halogens is 1. The first-order chi connectivity index (χ1) is 7.29. The molecule has 1 aromatic carbocycles. The second-order valence-electron chi connectivity index (χ2n) is 3.01. The van der Waals surface area contributed by atoms with Crippen LogP contribution in [0.4, 0.5) is 0 Å². The van der Waals surface area contributed by atoms with E-state index in [9.17, 15) is 0 Å². The molecule has 0 aliphatic heterocycles. The van der Waals surface area contributed by atoms with E-state index in [1.54, 1.807) is 12.1 Å². The second-order valence-corrected chi connectivity index (χ2v) is 3.45. The third kappa shape index (κ3) is 2.31. The Hall–Kier alpha value is -1.46. The van der Waals surface area contributed by atoms with Crippen LogP contribution in [0.3, 0.4) is 0 Å². The quantitative estimate of drug-likeness (QED) is 0.836. The molecule has 2 aromatic rings. The summed E-state index contributed by atoms with van der Waals surface area (Å²) in [5.74, 6) is 0.646. The summed E-state index contributed by atoms with van der Waals surface area (Å²) < 4.78 is 0. The molecule has 0 unspecified atom stereocenters. The van der Waals surface area contributed by atoms with E-state index in [0.29, 0.717) is 23.8 Å². The summed E-state index contributed by atoms with van der Waals surface area (Å²) in [4.78, 5) is 1.46. The lowest BCUT2D eigenvalue weighted by Gasteiger charge is -1.96. The Labute approximate surface area is 91.8 Å². The van der Waals surface area contributed by atoms with Gasteiger partial charge in [-0.25, -0.2) is 0 Å². The van der Waals surface area contributed by atoms with Gasteiger partial charge in [-0.1, -0.05) is 11.6 Å². The number of hydrogen-bond acceptors (Lipinski definition) is 4. The number of nitrogens with two attached hydrogens (primary N) is 1. The molecular formula is C9H10ClN5. The first-order valence-corrected chi connectivity index (χ1v) is 4.92. The van der Waals surface area contributed by atoms with E-state index in [-0.39, 0.29) is 0 Å². The molecule has 1 heterocycles. The molecule has 0 spiro atoms. The zero-order valence-electron chi connectivity index (χ0n) is 7.97. The van der Waals surface area contributed by atoms with Crippen molar-refractivity contribution in [2.45, 2.75) is 6.42 Å². The molecule has 6 heteroatoms. The molecule has 2 rings (SSSR count). The van der Waals surface area contributed by atoms with Gasteiger partial charge in [-0.2, -0.15) is 0 Å². The van der Waals surface area contributed by atoms with Crippen molar-refractivity contribution in [3.63, 3.8) is 0 Å².